The molecule has 1 aliphatic rings. The lowest BCUT2D eigenvalue weighted by Gasteiger charge is -2.23. The lowest BCUT2D eigenvalue weighted by atomic mass is 10.1. The van der Waals surface area contributed by atoms with Crippen LogP contribution >= 0.6 is 11.6 Å². The smallest absolute Gasteiger partial charge is 0.300 e. The van der Waals surface area contributed by atoms with Gasteiger partial charge in [-0.25, -0.2) is 4.98 Å². The summed E-state index contributed by atoms with van der Waals surface area (Å²) >= 11 is 5.71. The molecule has 7 nitrogen and oxygen atoms in total. The Morgan fingerprint density at radius 3 is 3.05 bits per heavy atom. The molecule has 0 bridgehead atoms. The Labute approximate surface area is 114 Å². The number of nitro groups is 1. The van der Waals surface area contributed by atoms with Crippen molar-refractivity contribution in [1.29, 1.82) is 0 Å². The van der Waals surface area contributed by atoms with Crippen LogP contribution in [0.5, 0.6) is 0 Å². The second-order valence-corrected chi connectivity index (χ2v) is 4.70. The SMILES string of the molecule is NCC1CCCN1C(=O)c1cc(Cl)ncc1[N+](=O)[O-]. The van der Waals surface area contributed by atoms with Crippen LogP contribution in [0.4, 0.5) is 5.69 Å². The third-order valence-electron chi connectivity index (χ3n) is 3.19. The zero-order valence-electron chi connectivity index (χ0n) is 10.1. The van der Waals surface area contributed by atoms with Gasteiger partial charge >= 0.3 is 0 Å². The molecule has 0 radical (unpaired) electrons. The first-order chi connectivity index (χ1) is 9.04. The third kappa shape index (κ3) is 2.66. The van der Waals surface area contributed by atoms with Crippen LogP contribution in [-0.2, 0) is 0 Å². The molecular weight excluding hydrogens is 272 g/mol. The number of rotatable bonds is 3. The van der Waals surface area contributed by atoms with Crippen molar-refractivity contribution >= 4 is 23.2 Å². The summed E-state index contributed by atoms with van der Waals surface area (Å²) in [5.41, 5.74) is 5.23. The largest absolute Gasteiger partial charge is 0.334 e. The molecule has 1 amide bonds. The molecule has 0 saturated carbocycles. The molecule has 2 heterocycles. The van der Waals surface area contributed by atoms with Crippen molar-refractivity contribution in [3.8, 4) is 0 Å². The van der Waals surface area contributed by atoms with E-state index in [1.54, 1.807) is 4.90 Å². The summed E-state index contributed by atoms with van der Waals surface area (Å²) in [6.45, 7) is 0.899. The van der Waals surface area contributed by atoms with Gasteiger partial charge in [0.25, 0.3) is 11.6 Å². The van der Waals surface area contributed by atoms with Gasteiger partial charge < -0.3 is 10.6 Å². The van der Waals surface area contributed by atoms with Gasteiger partial charge in [0.2, 0.25) is 0 Å². The van der Waals surface area contributed by atoms with E-state index in [2.05, 4.69) is 4.98 Å². The summed E-state index contributed by atoms with van der Waals surface area (Å²) in [6.07, 6.45) is 2.66. The van der Waals surface area contributed by atoms with Gasteiger partial charge in [0.05, 0.1) is 4.92 Å². The molecule has 102 valence electrons. The van der Waals surface area contributed by atoms with Gasteiger partial charge in [0, 0.05) is 19.1 Å². The van der Waals surface area contributed by atoms with Crippen molar-refractivity contribution in [2.45, 2.75) is 18.9 Å². The van der Waals surface area contributed by atoms with E-state index in [1.165, 1.54) is 6.07 Å². The van der Waals surface area contributed by atoms with Crippen molar-refractivity contribution < 1.29 is 9.72 Å². The number of carbonyl (C=O) groups excluding carboxylic acids is 1. The number of likely N-dealkylation sites (tertiary alicyclic amines) is 1. The maximum absolute atomic E-state index is 12.4. The van der Waals surface area contributed by atoms with Crippen molar-refractivity contribution in [3.63, 3.8) is 0 Å². The normalized spacial score (nSPS) is 18.6. The van der Waals surface area contributed by atoms with Gasteiger partial charge in [-0.1, -0.05) is 11.6 Å². The monoisotopic (exact) mass is 284 g/mol. The molecule has 19 heavy (non-hydrogen) atoms. The Kier molecular flexibility index (Phi) is 3.96. The van der Waals surface area contributed by atoms with Crippen molar-refractivity contribution in [1.82, 2.24) is 9.88 Å². The van der Waals surface area contributed by atoms with Crippen LogP contribution in [0.1, 0.15) is 23.2 Å². The van der Waals surface area contributed by atoms with E-state index < -0.39 is 10.8 Å². The van der Waals surface area contributed by atoms with Gasteiger partial charge in [0.1, 0.15) is 16.9 Å². The van der Waals surface area contributed by atoms with E-state index in [-0.39, 0.29) is 22.4 Å². The Morgan fingerprint density at radius 2 is 2.42 bits per heavy atom. The molecule has 1 saturated heterocycles. The molecule has 1 aromatic rings. The molecule has 1 unspecified atom stereocenters. The van der Waals surface area contributed by atoms with Gasteiger partial charge in [0.15, 0.2) is 0 Å². The highest BCUT2D eigenvalue weighted by molar-refractivity contribution is 6.29. The molecular formula is C11H13ClN4O3. The molecule has 2 N–H and O–H groups in total. The van der Waals surface area contributed by atoms with Crippen LogP contribution in [0.2, 0.25) is 5.15 Å². The zero-order chi connectivity index (χ0) is 14.0. The molecule has 1 fully saturated rings. The van der Waals surface area contributed by atoms with E-state index in [0.29, 0.717) is 13.1 Å². The second-order valence-electron chi connectivity index (χ2n) is 4.31. The van der Waals surface area contributed by atoms with Crippen LogP contribution in [-0.4, -0.2) is 39.8 Å². The number of aromatic nitrogens is 1. The molecule has 0 aromatic carbocycles. The highest BCUT2D eigenvalue weighted by atomic mass is 35.5. The first kappa shape index (κ1) is 13.7. The second kappa shape index (κ2) is 5.50. The number of amides is 1. The van der Waals surface area contributed by atoms with Crippen LogP contribution in [0.3, 0.4) is 0 Å². The minimum Gasteiger partial charge on any atom is -0.334 e. The quantitative estimate of drug-likeness (QED) is 0.510. The van der Waals surface area contributed by atoms with E-state index in [0.717, 1.165) is 19.0 Å². The maximum Gasteiger partial charge on any atom is 0.300 e. The van der Waals surface area contributed by atoms with Gasteiger partial charge in [-0.15, -0.1) is 0 Å². The average molecular weight is 285 g/mol. The molecule has 2 rings (SSSR count). The van der Waals surface area contributed by atoms with Gasteiger partial charge in [-0.3, -0.25) is 14.9 Å². The van der Waals surface area contributed by atoms with E-state index in [9.17, 15) is 14.9 Å². The van der Waals surface area contributed by atoms with Crippen LogP contribution in [0.15, 0.2) is 12.3 Å². The van der Waals surface area contributed by atoms with Crippen molar-refractivity contribution in [2.75, 3.05) is 13.1 Å². The van der Waals surface area contributed by atoms with E-state index in [4.69, 9.17) is 17.3 Å². The number of pyridine rings is 1. The predicted molar refractivity (Wildman–Crippen MR) is 69.0 cm³/mol. The Hall–Kier alpha value is -1.73. The fourth-order valence-electron chi connectivity index (χ4n) is 2.24. The molecule has 0 aliphatic carbocycles. The summed E-state index contributed by atoms with van der Waals surface area (Å²) in [5, 5.41) is 11.0. The maximum atomic E-state index is 12.4. The standard InChI is InChI=1S/C11H13ClN4O3/c12-10-4-8(9(6-14-10)16(18)19)11(17)15-3-1-2-7(15)5-13/h4,6-7H,1-3,5,13H2. The summed E-state index contributed by atoms with van der Waals surface area (Å²) in [4.78, 5) is 27.9. The fraction of sp³-hybridized carbons (Fsp3) is 0.455. The van der Waals surface area contributed by atoms with Crippen LogP contribution in [0.25, 0.3) is 0 Å². The van der Waals surface area contributed by atoms with E-state index in [1.807, 2.05) is 0 Å². The minimum atomic E-state index is -0.635. The highest BCUT2D eigenvalue weighted by Gasteiger charge is 2.32. The predicted octanol–water partition coefficient (Wildman–Crippen LogP) is 1.21. The number of carbonyl (C=O) groups is 1. The summed E-state index contributed by atoms with van der Waals surface area (Å²) in [7, 11) is 0. The first-order valence-corrected chi connectivity index (χ1v) is 6.23. The van der Waals surface area contributed by atoms with Crippen LogP contribution < -0.4 is 5.73 Å². The Morgan fingerprint density at radius 1 is 1.68 bits per heavy atom. The average Bonchev–Trinajstić information content (AvgIpc) is 2.85. The summed E-state index contributed by atoms with van der Waals surface area (Å²) in [5.74, 6) is -0.413. The lowest BCUT2D eigenvalue weighted by molar-refractivity contribution is -0.385. The summed E-state index contributed by atoms with van der Waals surface area (Å²) < 4.78 is 0. The number of nitrogens with zero attached hydrogens (tertiary/aromatic N) is 3. The minimum absolute atomic E-state index is 0.0367. The first-order valence-electron chi connectivity index (χ1n) is 5.85. The Balaban J connectivity index is 2.37. The van der Waals surface area contributed by atoms with E-state index >= 15 is 0 Å². The summed E-state index contributed by atoms with van der Waals surface area (Å²) in [6, 6.07) is 1.16. The van der Waals surface area contributed by atoms with Crippen LogP contribution in [0, 0.1) is 10.1 Å². The number of halogens is 1. The third-order valence-corrected chi connectivity index (χ3v) is 3.39. The molecule has 1 atom stereocenters. The zero-order valence-corrected chi connectivity index (χ0v) is 10.8. The van der Waals surface area contributed by atoms with Gasteiger partial charge in [-0.05, 0) is 18.9 Å². The number of hydrogen-bond donors (Lipinski definition) is 1. The molecule has 1 aliphatic heterocycles. The topological polar surface area (TPSA) is 102 Å². The lowest BCUT2D eigenvalue weighted by Crippen LogP contribution is -2.40. The Bertz CT molecular complexity index is 523. The molecule has 0 spiro atoms. The molecule has 8 heteroatoms. The number of hydrogen-bond acceptors (Lipinski definition) is 5. The number of nitrogens with two attached hydrogens (primary N) is 1. The molecule has 1 aromatic heterocycles. The highest BCUT2D eigenvalue weighted by Crippen LogP contribution is 2.25. The van der Waals surface area contributed by atoms with Crippen molar-refractivity contribution in [2.24, 2.45) is 5.73 Å². The van der Waals surface area contributed by atoms with Crippen molar-refractivity contribution in [3.05, 3.63) is 33.1 Å². The van der Waals surface area contributed by atoms with Gasteiger partial charge in [-0.2, -0.15) is 0 Å². The fourth-order valence-corrected chi connectivity index (χ4v) is 2.40.